The van der Waals surface area contributed by atoms with Gasteiger partial charge >= 0.3 is 11.9 Å². The van der Waals surface area contributed by atoms with Crippen molar-refractivity contribution in [2.45, 2.75) is 401 Å². The lowest BCUT2D eigenvalue weighted by Crippen LogP contribution is -2.07. The molecule has 3 rings (SSSR count). The molecule has 0 heterocycles. The van der Waals surface area contributed by atoms with Gasteiger partial charge in [-0.2, -0.15) is 0 Å². The number of ether oxygens (including phenoxy) is 3. The predicted octanol–water partition coefficient (Wildman–Crippen LogP) is 28.3. The van der Waals surface area contributed by atoms with Crippen LogP contribution in [0, 0.1) is 71.0 Å². The maximum absolute atomic E-state index is 11.9. The van der Waals surface area contributed by atoms with Crippen LogP contribution in [0.4, 0.5) is 0 Å². The monoisotopic (exact) mass is 1460 g/mol. The highest BCUT2D eigenvalue weighted by Gasteiger charge is 2.09. The molecule has 107 heavy (non-hydrogen) atoms. The Bertz CT molecular complexity index is 3100. The summed E-state index contributed by atoms with van der Waals surface area (Å²) in [6, 6.07) is 18.9. The molecule has 590 valence electrons. The van der Waals surface area contributed by atoms with Gasteiger partial charge in [0, 0.05) is 74.1 Å². The molecule has 3 aromatic carbocycles. The molecular weight excluding hydrogens is 1320 g/mol. The third kappa shape index (κ3) is 66.6. The standard InChI is InChI=1S/2C33H48O3.C33H50O2/c1-3-4-5-6-7-8-9-10-11-12-13-14-15-16-17-18-19-20-21-22-23-24-25-33(35)36-32-28-26-31(27-29-32)30(2)34;1-3-5-6-7-8-9-10-11-12-13-14-15-16-17-18-19-20-21-22-23-24-25-26-33(35)36-31-28-27-30(4-2)32(34)29-31;1-3-4-5-6-7-8-9-10-11-12-13-14-15-16-17-18-19-20-21-22-23-24-25-30-35-33-28-26-32(27-29-33)31(2)34/h26-29H,3-13,18-25H2,1-2H3;4,27-29,34H,2-3,5-14,19-26H2,1H3;26-29H,3-13,18-25,30H2,1-2H3. The first-order valence-corrected chi connectivity index (χ1v) is 43.1. The van der Waals surface area contributed by atoms with Crippen LogP contribution in [0.3, 0.4) is 0 Å². The molecule has 0 fully saturated rings. The first-order chi connectivity index (χ1) is 52.5. The Morgan fingerprint density at radius 2 is 0.561 bits per heavy atom. The lowest BCUT2D eigenvalue weighted by molar-refractivity contribution is -0.135. The van der Waals surface area contributed by atoms with Crippen LogP contribution in [0.1, 0.15) is 427 Å². The van der Waals surface area contributed by atoms with Crippen LogP contribution >= 0.6 is 0 Å². The molecular formula is C99H146O8. The van der Waals surface area contributed by atoms with Crippen molar-refractivity contribution in [1.82, 2.24) is 0 Å². The van der Waals surface area contributed by atoms with Gasteiger partial charge in [-0.3, -0.25) is 19.2 Å². The zero-order valence-electron chi connectivity index (χ0n) is 68.5. The average Bonchev–Trinajstić information content (AvgIpc) is 0.901. The lowest BCUT2D eigenvalue weighted by Gasteiger charge is -2.06. The van der Waals surface area contributed by atoms with E-state index in [1.165, 1.54) is 263 Å². The van der Waals surface area contributed by atoms with E-state index in [1.54, 1.807) is 49.4 Å². The number of benzene rings is 3. The van der Waals surface area contributed by atoms with E-state index in [4.69, 9.17) is 14.2 Å². The molecule has 0 radical (unpaired) electrons. The summed E-state index contributed by atoms with van der Waals surface area (Å²) in [5.41, 5.74) is 1.97. The van der Waals surface area contributed by atoms with Crippen molar-refractivity contribution < 1.29 is 38.5 Å². The summed E-state index contributed by atoms with van der Waals surface area (Å²) < 4.78 is 16.4. The van der Waals surface area contributed by atoms with Gasteiger partial charge in [0.15, 0.2) is 11.6 Å². The number of phenolic OH excluding ortho intramolecular Hbond substituents is 1. The molecule has 0 bridgehead atoms. The average molecular weight is 1460 g/mol. The van der Waals surface area contributed by atoms with E-state index in [0.717, 1.165) is 121 Å². The molecule has 0 aliphatic heterocycles. The minimum absolute atomic E-state index is 0.00316. The summed E-state index contributed by atoms with van der Waals surface area (Å²) in [6.07, 6.45) is 70.5. The van der Waals surface area contributed by atoms with Crippen molar-refractivity contribution >= 4 is 29.6 Å². The topological polar surface area (TPSA) is 116 Å². The molecule has 0 atom stereocenters. The molecule has 8 nitrogen and oxygen atoms in total. The largest absolute Gasteiger partial charge is 0.507 e. The lowest BCUT2D eigenvalue weighted by atomic mass is 10.1. The molecule has 0 aromatic heterocycles. The fourth-order valence-electron chi connectivity index (χ4n) is 12.2. The van der Waals surface area contributed by atoms with Crippen molar-refractivity contribution in [1.29, 1.82) is 0 Å². The minimum Gasteiger partial charge on any atom is -0.507 e. The first kappa shape index (κ1) is 97.7. The summed E-state index contributed by atoms with van der Waals surface area (Å²) in [7, 11) is 0. The summed E-state index contributed by atoms with van der Waals surface area (Å²) in [5, 5.41) is 9.79. The molecule has 0 unspecified atom stereocenters. The Morgan fingerprint density at radius 1 is 0.318 bits per heavy atom. The number of unbranched alkanes of at least 4 members (excludes halogenated alkanes) is 49. The van der Waals surface area contributed by atoms with Gasteiger partial charge in [-0.05, 0) is 168 Å². The minimum atomic E-state index is -0.259. The number of hydrogen-bond acceptors (Lipinski definition) is 8. The Labute approximate surface area is 655 Å². The number of carbonyl (C=O) groups is 4. The predicted molar refractivity (Wildman–Crippen MR) is 455 cm³/mol. The molecule has 8 heteroatoms. The van der Waals surface area contributed by atoms with Crippen LogP contribution in [0.2, 0.25) is 0 Å². The number of phenols is 1. The fraction of sp³-hybridized carbons (Fsp3) is 0.636. The van der Waals surface area contributed by atoms with Gasteiger partial charge in [0.25, 0.3) is 0 Å². The van der Waals surface area contributed by atoms with Crippen molar-refractivity contribution in [3.63, 3.8) is 0 Å². The van der Waals surface area contributed by atoms with Gasteiger partial charge in [-0.25, -0.2) is 0 Å². The van der Waals surface area contributed by atoms with Crippen LogP contribution in [-0.4, -0.2) is 35.2 Å². The summed E-state index contributed by atoms with van der Waals surface area (Å²) in [6.45, 7) is 14.3. The molecule has 0 saturated carbocycles. The molecule has 0 aliphatic carbocycles. The smallest absolute Gasteiger partial charge is 0.311 e. The normalized spacial score (nSPS) is 10.2. The Kier molecular flexibility index (Phi) is 70.1. The summed E-state index contributed by atoms with van der Waals surface area (Å²) in [5.74, 6) is 38.6. The SMILES string of the molecule is C=Cc1ccc(OC(=O)CCCCCCCCC#CC#CCCCCCCCCCCCC)cc1O.CCCCCCCCCCCCC#CC#CCCCCCCCCC(=O)Oc1ccc(C(C)=O)cc1.CCCCCCCCCCCCC#CC#CCCCCCCCCCOc1ccc(C(C)=O)cc1. The highest BCUT2D eigenvalue weighted by molar-refractivity contribution is 5.94. The van der Waals surface area contributed by atoms with Gasteiger partial charge in [0.2, 0.25) is 0 Å². The van der Waals surface area contributed by atoms with E-state index >= 15 is 0 Å². The van der Waals surface area contributed by atoms with Crippen LogP contribution in [0.5, 0.6) is 23.0 Å². The quantitative estimate of drug-likeness (QED) is 0.0195. The van der Waals surface area contributed by atoms with Gasteiger partial charge < -0.3 is 19.3 Å². The Hall–Kier alpha value is -7.36. The number of aromatic hydroxyl groups is 1. The molecule has 1 N–H and O–H groups in total. The summed E-state index contributed by atoms with van der Waals surface area (Å²) >= 11 is 0. The third-order valence-electron chi connectivity index (χ3n) is 19.0. The second-order valence-electron chi connectivity index (χ2n) is 29.0. The Morgan fingerprint density at radius 3 is 0.832 bits per heavy atom. The van der Waals surface area contributed by atoms with Gasteiger partial charge in [-0.15, -0.1) is 0 Å². The highest BCUT2D eigenvalue weighted by Crippen LogP contribution is 2.26. The van der Waals surface area contributed by atoms with E-state index in [0.29, 0.717) is 35.5 Å². The van der Waals surface area contributed by atoms with E-state index in [1.807, 2.05) is 24.3 Å². The fourth-order valence-corrected chi connectivity index (χ4v) is 12.2. The van der Waals surface area contributed by atoms with Crippen LogP contribution in [0.15, 0.2) is 73.3 Å². The van der Waals surface area contributed by atoms with E-state index in [-0.39, 0.29) is 29.3 Å². The van der Waals surface area contributed by atoms with Gasteiger partial charge in [0.1, 0.15) is 23.0 Å². The Balaban J connectivity index is 0.000000803. The molecule has 0 spiro atoms. The number of rotatable bonds is 61. The van der Waals surface area contributed by atoms with Crippen LogP contribution in [-0.2, 0) is 9.59 Å². The first-order valence-electron chi connectivity index (χ1n) is 43.1. The van der Waals surface area contributed by atoms with Crippen molar-refractivity contribution in [2.75, 3.05) is 6.61 Å². The molecule has 0 aliphatic rings. The van der Waals surface area contributed by atoms with Crippen LogP contribution < -0.4 is 14.2 Å². The van der Waals surface area contributed by atoms with Crippen molar-refractivity contribution in [3.05, 3.63) is 90.0 Å². The molecule has 3 aromatic rings. The molecule has 0 saturated heterocycles. The zero-order valence-corrected chi connectivity index (χ0v) is 68.5. The highest BCUT2D eigenvalue weighted by atomic mass is 16.5. The zero-order chi connectivity index (χ0) is 77.5. The van der Waals surface area contributed by atoms with E-state index in [9.17, 15) is 24.3 Å². The number of hydrogen-bond donors (Lipinski definition) is 1. The number of Topliss-reactive ketones (excluding diaryl/α,β-unsaturated/α-hetero) is 2. The second kappa shape index (κ2) is 76.8. The number of carbonyl (C=O) groups excluding carboxylic acids is 4. The van der Waals surface area contributed by atoms with Crippen molar-refractivity contribution in [3.8, 4) is 94.0 Å². The van der Waals surface area contributed by atoms with Gasteiger partial charge in [-0.1, -0.05) is 326 Å². The molecule has 0 amide bonds. The van der Waals surface area contributed by atoms with Gasteiger partial charge in [0.05, 0.1) is 6.61 Å². The van der Waals surface area contributed by atoms with Crippen LogP contribution in [0.25, 0.3) is 6.08 Å². The summed E-state index contributed by atoms with van der Waals surface area (Å²) in [4.78, 5) is 46.4. The number of ketones is 2. The number of esters is 2. The van der Waals surface area contributed by atoms with E-state index < -0.39 is 0 Å². The van der Waals surface area contributed by atoms with Crippen molar-refractivity contribution in [2.24, 2.45) is 0 Å². The van der Waals surface area contributed by atoms with E-state index in [2.05, 4.69) is 98.4 Å². The second-order valence-corrected chi connectivity index (χ2v) is 29.0. The third-order valence-corrected chi connectivity index (χ3v) is 19.0. The maximum atomic E-state index is 11.9. The maximum Gasteiger partial charge on any atom is 0.311 e.